The van der Waals surface area contributed by atoms with Crippen LogP contribution in [0.3, 0.4) is 0 Å². The van der Waals surface area contributed by atoms with Gasteiger partial charge >= 0.3 is 0 Å². The van der Waals surface area contributed by atoms with Gasteiger partial charge in [-0.05, 0) is 6.07 Å². The Kier molecular flexibility index (Phi) is 1.41. The molecule has 0 spiro atoms. The number of aromatic nitrogens is 1. The highest BCUT2D eigenvalue weighted by atomic mass is 16.5. The Morgan fingerprint density at radius 3 is 2.91 bits per heavy atom. The molecule has 0 radical (unpaired) electrons. The molecule has 0 aromatic carbocycles. The van der Waals surface area contributed by atoms with Gasteiger partial charge in [-0.1, -0.05) is 6.07 Å². The Labute approximate surface area is 65.2 Å². The van der Waals surface area contributed by atoms with Crippen LogP contribution in [0.25, 0.3) is 0 Å². The largest absolute Gasteiger partial charge is 0.356 e. The van der Waals surface area contributed by atoms with Crippen LogP contribution >= 0.6 is 0 Å². The van der Waals surface area contributed by atoms with Crippen molar-refractivity contribution in [2.24, 2.45) is 5.73 Å². The van der Waals surface area contributed by atoms with E-state index in [1.807, 2.05) is 12.1 Å². The second-order valence-electron chi connectivity index (χ2n) is 2.73. The van der Waals surface area contributed by atoms with Crippen molar-refractivity contribution >= 4 is 0 Å². The Morgan fingerprint density at radius 2 is 2.45 bits per heavy atom. The molecule has 2 N–H and O–H groups in total. The van der Waals surface area contributed by atoms with Crippen LogP contribution in [0, 0.1) is 0 Å². The summed E-state index contributed by atoms with van der Waals surface area (Å²) in [6.45, 7) is 0.755. The Bertz CT molecular complexity index is 244. The van der Waals surface area contributed by atoms with Crippen molar-refractivity contribution in [3.8, 4) is 0 Å². The second kappa shape index (κ2) is 2.29. The first-order chi connectivity index (χ1) is 5.31. The third-order valence-electron chi connectivity index (χ3n) is 1.98. The van der Waals surface area contributed by atoms with Gasteiger partial charge < -0.3 is 4.74 Å². The van der Waals surface area contributed by atoms with E-state index < -0.39 is 5.72 Å². The van der Waals surface area contributed by atoms with Crippen LogP contribution in [-0.4, -0.2) is 11.6 Å². The van der Waals surface area contributed by atoms with Crippen LogP contribution in [0.5, 0.6) is 0 Å². The fourth-order valence-corrected chi connectivity index (χ4v) is 1.16. The Balaban J connectivity index is 2.29. The molecule has 1 atom stereocenters. The van der Waals surface area contributed by atoms with Gasteiger partial charge in [0.1, 0.15) is 5.72 Å². The molecule has 2 rings (SSSR count). The molecule has 11 heavy (non-hydrogen) atoms. The summed E-state index contributed by atoms with van der Waals surface area (Å²) in [5.74, 6) is 0. The zero-order valence-corrected chi connectivity index (χ0v) is 6.16. The first-order valence-electron chi connectivity index (χ1n) is 3.65. The molecule has 1 aromatic rings. The maximum absolute atomic E-state index is 5.86. The molecular formula is C8H10N2O. The summed E-state index contributed by atoms with van der Waals surface area (Å²) >= 11 is 0. The lowest BCUT2D eigenvalue weighted by atomic mass is 9.98. The van der Waals surface area contributed by atoms with Gasteiger partial charge in [0.15, 0.2) is 0 Å². The molecule has 0 amide bonds. The average molecular weight is 150 g/mol. The normalized spacial score (nSPS) is 29.5. The molecule has 1 fully saturated rings. The van der Waals surface area contributed by atoms with E-state index in [0.29, 0.717) is 0 Å². The monoisotopic (exact) mass is 150 g/mol. The number of hydrogen-bond donors (Lipinski definition) is 1. The zero-order chi connectivity index (χ0) is 7.73. The number of rotatable bonds is 1. The number of hydrogen-bond acceptors (Lipinski definition) is 3. The predicted molar refractivity (Wildman–Crippen MR) is 40.7 cm³/mol. The molecule has 1 unspecified atom stereocenters. The molecule has 1 saturated heterocycles. The Hall–Kier alpha value is -0.930. The maximum atomic E-state index is 5.86. The van der Waals surface area contributed by atoms with Gasteiger partial charge in [-0.2, -0.15) is 0 Å². The van der Waals surface area contributed by atoms with E-state index in [-0.39, 0.29) is 0 Å². The molecule has 1 aliphatic heterocycles. The van der Waals surface area contributed by atoms with E-state index in [0.717, 1.165) is 18.6 Å². The summed E-state index contributed by atoms with van der Waals surface area (Å²) in [4.78, 5) is 3.97. The SMILES string of the molecule is NC1(c2cccnc2)CCO1. The van der Waals surface area contributed by atoms with E-state index in [2.05, 4.69) is 4.98 Å². The summed E-state index contributed by atoms with van der Waals surface area (Å²) in [6.07, 6.45) is 4.36. The quantitative estimate of drug-likeness (QED) is 0.638. The highest BCUT2D eigenvalue weighted by molar-refractivity contribution is 5.18. The van der Waals surface area contributed by atoms with E-state index in [1.165, 1.54) is 0 Å². The van der Waals surface area contributed by atoms with Gasteiger partial charge in [0.2, 0.25) is 0 Å². The van der Waals surface area contributed by atoms with E-state index in [1.54, 1.807) is 12.4 Å². The third kappa shape index (κ3) is 1.02. The standard InChI is InChI=1S/C8H10N2O/c9-8(3-5-11-8)7-2-1-4-10-6-7/h1-2,4,6H,3,5,9H2. The molecule has 1 aromatic heterocycles. The van der Waals surface area contributed by atoms with Crippen molar-refractivity contribution in [3.63, 3.8) is 0 Å². The molecule has 58 valence electrons. The van der Waals surface area contributed by atoms with Gasteiger partial charge in [0.25, 0.3) is 0 Å². The molecular weight excluding hydrogens is 140 g/mol. The lowest BCUT2D eigenvalue weighted by Crippen LogP contribution is -2.48. The first-order valence-corrected chi connectivity index (χ1v) is 3.65. The highest BCUT2D eigenvalue weighted by Crippen LogP contribution is 2.30. The highest BCUT2D eigenvalue weighted by Gasteiger charge is 2.35. The van der Waals surface area contributed by atoms with Crippen molar-refractivity contribution in [2.45, 2.75) is 12.1 Å². The minimum atomic E-state index is -0.547. The molecule has 0 aliphatic carbocycles. The van der Waals surface area contributed by atoms with Gasteiger partial charge in [-0.25, -0.2) is 0 Å². The second-order valence-corrected chi connectivity index (χ2v) is 2.73. The fourth-order valence-electron chi connectivity index (χ4n) is 1.16. The Morgan fingerprint density at radius 1 is 1.64 bits per heavy atom. The smallest absolute Gasteiger partial charge is 0.146 e. The van der Waals surface area contributed by atoms with Gasteiger partial charge in [0.05, 0.1) is 6.61 Å². The van der Waals surface area contributed by atoms with Gasteiger partial charge in [-0.15, -0.1) is 0 Å². The number of pyridine rings is 1. The topological polar surface area (TPSA) is 48.1 Å². The number of nitrogens with two attached hydrogens (primary N) is 1. The van der Waals surface area contributed by atoms with E-state index in [4.69, 9.17) is 10.5 Å². The van der Waals surface area contributed by atoms with Crippen LogP contribution in [0.4, 0.5) is 0 Å². The molecule has 3 heteroatoms. The molecule has 1 aliphatic rings. The number of ether oxygens (including phenoxy) is 1. The van der Waals surface area contributed by atoms with Crippen LogP contribution in [0.1, 0.15) is 12.0 Å². The van der Waals surface area contributed by atoms with Crippen LogP contribution in [-0.2, 0) is 10.5 Å². The third-order valence-corrected chi connectivity index (χ3v) is 1.98. The minimum Gasteiger partial charge on any atom is -0.356 e. The lowest BCUT2D eigenvalue weighted by molar-refractivity contribution is -0.150. The van der Waals surface area contributed by atoms with Crippen molar-refractivity contribution in [2.75, 3.05) is 6.61 Å². The predicted octanol–water partition coefficient (Wildman–Crippen LogP) is 0.613. The zero-order valence-electron chi connectivity index (χ0n) is 6.16. The maximum Gasteiger partial charge on any atom is 0.146 e. The van der Waals surface area contributed by atoms with Crippen LogP contribution in [0.15, 0.2) is 24.5 Å². The van der Waals surface area contributed by atoms with Crippen LogP contribution in [0.2, 0.25) is 0 Å². The van der Waals surface area contributed by atoms with Gasteiger partial charge in [-0.3, -0.25) is 10.7 Å². The number of nitrogens with zero attached hydrogens (tertiary/aromatic N) is 1. The fraction of sp³-hybridized carbons (Fsp3) is 0.375. The van der Waals surface area contributed by atoms with E-state index >= 15 is 0 Å². The first kappa shape index (κ1) is 6.76. The molecule has 0 saturated carbocycles. The molecule has 0 bridgehead atoms. The summed E-state index contributed by atoms with van der Waals surface area (Å²) in [6, 6.07) is 3.80. The minimum absolute atomic E-state index is 0.547. The molecule has 3 nitrogen and oxygen atoms in total. The van der Waals surface area contributed by atoms with Crippen LogP contribution < -0.4 is 5.73 Å². The van der Waals surface area contributed by atoms with Gasteiger partial charge in [0, 0.05) is 24.4 Å². The molecule has 2 heterocycles. The van der Waals surface area contributed by atoms with Crippen molar-refractivity contribution in [1.82, 2.24) is 4.98 Å². The summed E-state index contributed by atoms with van der Waals surface area (Å²) in [7, 11) is 0. The lowest BCUT2D eigenvalue weighted by Gasteiger charge is -2.38. The summed E-state index contributed by atoms with van der Waals surface area (Å²) in [5, 5.41) is 0. The van der Waals surface area contributed by atoms with Crippen molar-refractivity contribution < 1.29 is 4.74 Å². The summed E-state index contributed by atoms with van der Waals surface area (Å²) < 4.78 is 5.24. The average Bonchev–Trinajstić information content (AvgIpc) is 2.02. The van der Waals surface area contributed by atoms with E-state index in [9.17, 15) is 0 Å². The summed E-state index contributed by atoms with van der Waals surface area (Å²) in [5.41, 5.74) is 6.28. The van der Waals surface area contributed by atoms with Crippen molar-refractivity contribution in [3.05, 3.63) is 30.1 Å². The van der Waals surface area contributed by atoms with Crippen molar-refractivity contribution in [1.29, 1.82) is 0 Å².